The Kier molecular flexibility index (Phi) is 6.50. The molecule has 0 aliphatic carbocycles. The molecule has 0 radical (unpaired) electrons. The molecule has 1 aliphatic heterocycles. The molecule has 1 aliphatic rings. The van der Waals surface area contributed by atoms with Gasteiger partial charge >= 0.3 is 0 Å². The van der Waals surface area contributed by atoms with Crippen LogP contribution in [0.3, 0.4) is 0 Å². The largest absolute Gasteiger partial charge is 0.504 e. The summed E-state index contributed by atoms with van der Waals surface area (Å²) < 4.78 is 38.5. The number of halogens is 2. The first-order chi connectivity index (χ1) is 16.7. The van der Waals surface area contributed by atoms with E-state index in [1.807, 2.05) is 0 Å². The molecule has 1 heterocycles. The molecule has 0 atom stereocenters. The van der Waals surface area contributed by atoms with Gasteiger partial charge in [0.2, 0.25) is 5.91 Å². The van der Waals surface area contributed by atoms with Crippen LogP contribution >= 0.6 is 0 Å². The molecule has 3 aromatic carbocycles. The minimum atomic E-state index is -3.08. The number of phenolic OH excluding ortho intramolecular Hbond substituents is 1. The van der Waals surface area contributed by atoms with Crippen molar-refractivity contribution in [3.63, 3.8) is 0 Å². The van der Waals surface area contributed by atoms with Crippen LogP contribution in [-0.2, 0) is 17.1 Å². The number of benzene rings is 3. The van der Waals surface area contributed by atoms with Crippen LogP contribution < -0.4 is 14.8 Å². The van der Waals surface area contributed by atoms with Crippen LogP contribution in [0.15, 0.2) is 83.0 Å². The minimum Gasteiger partial charge on any atom is -0.504 e. The molecule has 180 valence electrons. The third-order valence-electron chi connectivity index (χ3n) is 5.44. The molecule has 1 amide bonds. The van der Waals surface area contributed by atoms with Gasteiger partial charge in [-0.25, -0.2) is 8.78 Å². The minimum absolute atomic E-state index is 0.0265. The van der Waals surface area contributed by atoms with Gasteiger partial charge in [0.1, 0.15) is 12.4 Å². The highest BCUT2D eigenvalue weighted by Gasteiger charge is 2.60. The number of amides is 1. The topological polar surface area (TPSA) is 92.5 Å². The number of alkyl halides is 2. The Morgan fingerprint density at radius 1 is 1.09 bits per heavy atom. The first-order valence-electron chi connectivity index (χ1n) is 10.7. The van der Waals surface area contributed by atoms with Crippen molar-refractivity contribution in [2.24, 2.45) is 10.2 Å². The molecule has 0 unspecified atom stereocenters. The van der Waals surface area contributed by atoms with E-state index in [9.17, 15) is 18.7 Å². The Balaban J connectivity index is 1.38. The number of carbonyl (C=O) groups excluding carboxylic acids is 1. The van der Waals surface area contributed by atoms with Gasteiger partial charge in [0.25, 0.3) is 11.6 Å². The van der Waals surface area contributed by atoms with E-state index in [1.165, 1.54) is 19.3 Å². The second-order valence-corrected chi connectivity index (χ2v) is 8.00. The zero-order chi connectivity index (χ0) is 25.1. The monoisotopic (exact) mass is 479 g/mol. The number of methoxy groups -OCH3 is 1. The van der Waals surface area contributed by atoms with Crippen LogP contribution in [0, 0.1) is 0 Å². The van der Waals surface area contributed by atoms with E-state index in [1.54, 1.807) is 66.7 Å². The van der Waals surface area contributed by atoms with E-state index >= 15 is 0 Å². The van der Waals surface area contributed by atoms with Crippen LogP contribution in [0.5, 0.6) is 17.2 Å². The molecule has 3 aromatic rings. The van der Waals surface area contributed by atoms with E-state index < -0.39 is 11.6 Å². The first-order valence-corrected chi connectivity index (χ1v) is 10.7. The fraction of sp³-hybridized carbons (Fsp3) is 0.192. The van der Waals surface area contributed by atoms with Crippen molar-refractivity contribution in [3.8, 4) is 17.2 Å². The van der Waals surface area contributed by atoms with E-state index in [-0.39, 0.29) is 18.3 Å². The second kappa shape index (κ2) is 9.54. The highest BCUT2D eigenvalue weighted by Crippen LogP contribution is 2.51. The maximum absolute atomic E-state index is 13.8. The van der Waals surface area contributed by atoms with Gasteiger partial charge in [0.15, 0.2) is 11.5 Å². The summed E-state index contributed by atoms with van der Waals surface area (Å²) in [6.07, 6.45) is 2.90. The highest BCUT2D eigenvalue weighted by molar-refractivity contribution is 6.02. The molecule has 7 nitrogen and oxygen atoms in total. The molecule has 0 saturated carbocycles. The maximum Gasteiger partial charge on any atom is 0.297 e. The van der Waals surface area contributed by atoms with Crippen LogP contribution in [0.1, 0.15) is 23.6 Å². The molecule has 0 bridgehead atoms. The molecule has 0 saturated heterocycles. The summed E-state index contributed by atoms with van der Waals surface area (Å²) in [4.78, 5) is 12.4. The lowest BCUT2D eigenvalue weighted by atomic mass is 9.97. The summed E-state index contributed by atoms with van der Waals surface area (Å²) >= 11 is 0. The summed E-state index contributed by atoms with van der Waals surface area (Å²) in [7, 11) is 1.45. The number of anilines is 1. The van der Waals surface area contributed by atoms with Crippen LogP contribution in [0.25, 0.3) is 6.08 Å². The molecule has 35 heavy (non-hydrogen) atoms. The smallest absolute Gasteiger partial charge is 0.297 e. The van der Waals surface area contributed by atoms with Crippen molar-refractivity contribution < 1.29 is 28.2 Å². The molecule has 0 fully saturated rings. The number of ether oxygens (including phenoxy) is 2. The van der Waals surface area contributed by atoms with Gasteiger partial charge in [0, 0.05) is 18.6 Å². The summed E-state index contributed by atoms with van der Waals surface area (Å²) in [5, 5.41) is 19.7. The molecule has 2 N–H and O–H groups in total. The Hall–Kier alpha value is -4.27. The standard InChI is InChI=1S/C26H23F2N3O4/c1-25(27,28)26(30-31-26)19-11-7-18(8-12-19)16-35-22-6-4-3-5-20(22)29-24(33)14-10-17-9-13-23(34-2)21(32)15-17/h3-15,32H,16H2,1-2H3,(H,29,33)/b14-10+. The SMILES string of the molecule is COc1ccc(/C=C/C(=O)Nc2ccccc2OCc2ccc(C3(C(C)(F)F)N=N3)cc2)cc1O. The van der Waals surface area contributed by atoms with Gasteiger partial charge in [0.05, 0.1) is 12.8 Å². The third-order valence-corrected chi connectivity index (χ3v) is 5.44. The lowest BCUT2D eigenvalue weighted by Gasteiger charge is -2.18. The summed E-state index contributed by atoms with van der Waals surface area (Å²) in [6, 6.07) is 18.2. The van der Waals surface area contributed by atoms with Crippen molar-refractivity contribution in [1.82, 2.24) is 0 Å². The Bertz CT molecular complexity index is 1280. The van der Waals surface area contributed by atoms with Crippen molar-refractivity contribution in [3.05, 3.63) is 89.5 Å². The molecular formula is C26H23F2N3O4. The maximum atomic E-state index is 13.8. The number of para-hydroxylation sites is 2. The van der Waals surface area contributed by atoms with E-state index in [0.29, 0.717) is 28.3 Å². The lowest BCUT2D eigenvalue weighted by Crippen LogP contribution is -2.31. The second-order valence-electron chi connectivity index (χ2n) is 8.00. The van der Waals surface area contributed by atoms with Crippen LogP contribution in [-0.4, -0.2) is 24.0 Å². The van der Waals surface area contributed by atoms with Crippen LogP contribution in [0.2, 0.25) is 0 Å². The molecule has 0 spiro atoms. The third kappa shape index (κ3) is 5.29. The number of carbonyl (C=O) groups is 1. The number of hydrogen-bond acceptors (Lipinski definition) is 6. The normalized spacial score (nSPS) is 14.1. The van der Waals surface area contributed by atoms with Crippen LogP contribution in [0.4, 0.5) is 14.5 Å². The molecular weight excluding hydrogens is 456 g/mol. The first kappa shape index (κ1) is 23.9. The Labute approximate surface area is 200 Å². The van der Waals surface area contributed by atoms with Gasteiger partial charge in [-0.05, 0) is 41.5 Å². The average molecular weight is 479 g/mol. The van der Waals surface area contributed by atoms with E-state index in [4.69, 9.17) is 9.47 Å². The molecule has 9 heteroatoms. The highest BCUT2D eigenvalue weighted by atomic mass is 19.3. The Morgan fingerprint density at radius 2 is 1.80 bits per heavy atom. The zero-order valence-electron chi connectivity index (χ0n) is 19.0. The van der Waals surface area contributed by atoms with Crippen molar-refractivity contribution >= 4 is 17.7 Å². The number of phenols is 1. The number of hydrogen-bond donors (Lipinski definition) is 2. The van der Waals surface area contributed by atoms with Crippen molar-refractivity contribution in [1.29, 1.82) is 0 Å². The van der Waals surface area contributed by atoms with Crippen molar-refractivity contribution in [2.45, 2.75) is 25.1 Å². The number of aromatic hydroxyl groups is 1. The van der Waals surface area contributed by atoms with Gasteiger partial charge in [-0.2, -0.15) is 0 Å². The van der Waals surface area contributed by atoms with Gasteiger partial charge in [-0.15, -0.1) is 10.2 Å². The van der Waals surface area contributed by atoms with Gasteiger partial charge in [-0.1, -0.05) is 42.5 Å². The predicted octanol–water partition coefficient (Wildman–Crippen LogP) is 5.91. The zero-order valence-corrected chi connectivity index (χ0v) is 19.0. The average Bonchev–Trinajstić information content (AvgIpc) is 3.65. The summed E-state index contributed by atoms with van der Waals surface area (Å²) in [5.74, 6) is -2.70. The Morgan fingerprint density at radius 3 is 2.43 bits per heavy atom. The quantitative estimate of drug-likeness (QED) is 0.374. The fourth-order valence-corrected chi connectivity index (χ4v) is 3.44. The number of nitrogens with zero attached hydrogens (tertiary/aromatic N) is 2. The number of rotatable bonds is 9. The van der Waals surface area contributed by atoms with E-state index in [2.05, 4.69) is 15.5 Å². The summed E-state index contributed by atoms with van der Waals surface area (Å²) in [5.41, 5.74) is 0.376. The molecule has 0 aromatic heterocycles. The predicted molar refractivity (Wildman–Crippen MR) is 127 cm³/mol. The lowest BCUT2D eigenvalue weighted by molar-refractivity contribution is -0.111. The number of nitrogens with one attached hydrogen (secondary N) is 1. The summed E-state index contributed by atoms with van der Waals surface area (Å²) in [6.45, 7) is 0.962. The van der Waals surface area contributed by atoms with Gasteiger partial charge < -0.3 is 19.9 Å². The van der Waals surface area contributed by atoms with E-state index in [0.717, 1.165) is 12.5 Å². The molecule has 4 rings (SSSR count). The van der Waals surface area contributed by atoms with Gasteiger partial charge in [-0.3, -0.25) is 4.79 Å². The van der Waals surface area contributed by atoms with Crippen molar-refractivity contribution in [2.75, 3.05) is 12.4 Å². The fourth-order valence-electron chi connectivity index (χ4n) is 3.44.